The Morgan fingerprint density at radius 2 is 1.73 bits per heavy atom. The Morgan fingerprint density at radius 3 is 2.27 bits per heavy atom. The molecule has 0 radical (unpaired) electrons. The Bertz CT molecular complexity index is 377. The average molecular weight is 224 g/mol. The van der Waals surface area contributed by atoms with Crippen LogP contribution in [0.25, 0.3) is 0 Å². The van der Waals surface area contributed by atoms with Crippen LogP contribution in [0.3, 0.4) is 0 Å². The molecule has 82 valence electrons. The van der Waals surface area contributed by atoms with Crippen LogP contribution < -0.4 is 5.30 Å². The van der Waals surface area contributed by atoms with Crippen LogP contribution in [0, 0.1) is 6.92 Å². The van der Waals surface area contributed by atoms with E-state index >= 15 is 0 Å². The molecule has 1 aliphatic rings. The maximum absolute atomic E-state index is 12.3. The van der Waals surface area contributed by atoms with E-state index in [0.29, 0.717) is 5.30 Å². The molecule has 2 rings (SSSR count). The van der Waals surface area contributed by atoms with E-state index in [0.717, 1.165) is 31.2 Å². The molecule has 1 unspecified atom stereocenters. The van der Waals surface area contributed by atoms with Crippen LogP contribution in [-0.4, -0.2) is 10.6 Å². The smallest absolute Gasteiger partial charge is 0.232 e. The summed E-state index contributed by atoms with van der Waals surface area (Å²) in [7, 11) is -3.11. The monoisotopic (exact) mass is 224 g/mol. The van der Waals surface area contributed by atoms with E-state index in [9.17, 15) is 9.46 Å². The molecule has 1 aromatic rings. The highest BCUT2D eigenvalue weighted by Gasteiger charge is 2.34. The van der Waals surface area contributed by atoms with Crippen molar-refractivity contribution in [2.45, 2.75) is 38.3 Å². The lowest BCUT2D eigenvalue weighted by atomic mass is 10.2. The van der Waals surface area contributed by atoms with Gasteiger partial charge in [-0.05, 0) is 31.9 Å². The summed E-state index contributed by atoms with van der Waals surface area (Å²) < 4.78 is 12.3. The van der Waals surface area contributed by atoms with Crippen molar-refractivity contribution >= 4 is 12.7 Å². The van der Waals surface area contributed by atoms with Crippen molar-refractivity contribution < 1.29 is 9.46 Å². The summed E-state index contributed by atoms with van der Waals surface area (Å²) in [6.07, 6.45) is 4.01. The van der Waals surface area contributed by atoms with E-state index in [2.05, 4.69) is 0 Å². The molecule has 15 heavy (non-hydrogen) atoms. The first-order valence-electron chi connectivity index (χ1n) is 5.50. The standard InChI is InChI=1S/C12H17O2P/c1-10-6-8-12(9-7-10)15(13,14)11-4-2-3-5-11/h6-9,11H,2-5H2,1H3,(H,13,14). The number of hydrogen-bond acceptors (Lipinski definition) is 1. The summed E-state index contributed by atoms with van der Waals surface area (Å²) in [4.78, 5) is 10.1. The summed E-state index contributed by atoms with van der Waals surface area (Å²) in [5, 5.41) is 0.625. The van der Waals surface area contributed by atoms with Gasteiger partial charge < -0.3 is 4.89 Å². The van der Waals surface area contributed by atoms with Crippen molar-refractivity contribution in [1.82, 2.24) is 0 Å². The fraction of sp³-hybridized carbons (Fsp3) is 0.500. The van der Waals surface area contributed by atoms with Gasteiger partial charge in [-0.2, -0.15) is 0 Å². The third-order valence-corrected chi connectivity index (χ3v) is 5.77. The van der Waals surface area contributed by atoms with Gasteiger partial charge in [0.1, 0.15) is 0 Å². The second-order valence-corrected chi connectivity index (χ2v) is 6.89. The van der Waals surface area contributed by atoms with Gasteiger partial charge in [0.25, 0.3) is 0 Å². The molecule has 0 heterocycles. The molecule has 1 fully saturated rings. The summed E-state index contributed by atoms with van der Waals surface area (Å²) in [5.41, 5.74) is 1.13. The fourth-order valence-electron chi connectivity index (χ4n) is 2.22. The number of aryl methyl sites for hydroxylation is 1. The molecular formula is C12H17O2P. The third kappa shape index (κ3) is 2.16. The maximum atomic E-state index is 12.3. The molecule has 1 N–H and O–H groups in total. The number of benzene rings is 1. The zero-order valence-corrected chi connectivity index (χ0v) is 9.91. The van der Waals surface area contributed by atoms with Crippen molar-refractivity contribution in [2.75, 3.05) is 0 Å². The van der Waals surface area contributed by atoms with Gasteiger partial charge in [-0.15, -0.1) is 0 Å². The first kappa shape index (κ1) is 10.9. The van der Waals surface area contributed by atoms with Crippen molar-refractivity contribution in [1.29, 1.82) is 0 Å². The Kier molecular flexibility index (Phi) is 2.99. The summed E-state index contributed by atoms with van der Waals surface area (Å²) in [5.74, 6) is 0. The molecule has 2 nitrogen and oxygen atoms in total. The van der Waals surface area contributed by atoms with Gasteiger partial charge in [0.2, 0.25) is 7.37 Å². The van der Waals surface area contributed by atoms with E-state index in [4.69, 9.17) is 0 Å². The van der Waals surface area contributed by atoms with Crippen molar-refractivity contribution in [2.24, 2.45) is 0 Å². The molecule has 0 spiro atoms. The van der Waals surface area contributed by atoms with Gasteiger partial charge in [-0.1, -0.05) is 30.5 Å². The Morgan fingerprint density at radius 1 is 1.20 bits per heavy atom. The van der Waals surface area contributed by atoms with Crippen LogP contribution in [0.1, 0.15) is 31.2 Å². The Hall–Kier alpha value is -0.590. The second-order valence-electron chi connectivity index (χ2n) is 4.40. The Labute approximate surface area is 90.8 Å². The molecular weight excluding hydrogens is 207 g/mol. The Balaban J connectivity index is 2.28. The molecule has 1 aromatic carbocycles. The van der Waals surface area contributed by atoms with Crippen molar-refractivity contribution in [3.05, 3.63) is 29.8 Å². The average Bonchev–Trinajstić information content (AvgIpc) is 2.71. The fourth-order valence-corrected chi connectivity index (χ4v) is 4.29. The largest absolute Gasteiger partial charge is 0.341 e. The van der Waals surface area contributed by atoms with Crippen molar-refractivity contribution in [3.8, 4) is 0 Å². The molecule has 0 aromatic heterocycles. The predicted molar refractivity (Wildman–Crippen MR) is 62.9 cm³/mol. The first-order valence-corrected chi connectivity index (χ1v) is 7.23. The molecule has 0 amide bonds. The van der Waals surface area contributed by atoms with Crippen LogP contribution in [-0.2, 0) is 4.57 Å². The van der Waals surface area contributed by atoms with Gasteiger partial charge in [0, 0.05) is 11.0 Å². The normalized spacial score (nSPS) is 21.5. The molecule has 3 heteroatoms. The van der Waals surface area contributed by atoms with Crippen LogP contribution in [0.4, 0.5) is 0 Å². The minimum Gasteiger partial charge on any atom is -0.341 e. The van der Waals surface area contributed by atoms with Crippen molar-refractivity contribution in [3.63, 3.8) is 0 Å². The van der Waals surface area contributed by atoms with Crippen LogP contribution in [0.5, 0.6) is 0 Å². The number of hydrogen-bond donors (Lipinski definition) is 1. The summed E-state index contributed by atoms with van der Waals surface area (Å²) in [6, 6.07) is 7.42. The molecule has 1 aliphatic carbocycles. The molecule has 0 bridgehead atoms. The summed E-state index contributed by atoms with van der Waals surface area (Å²) in [6.45, 7) is 1.99. The zero-order valence-electron chi connectivity index (χ0n) is 9.02. The molecule has 0 saturated heterocycles. The highest BCUT2D eigenvalue weighted by atomic mass is 31.2. The molecule has 1 atom stereocenters. The third-order valence-electron chi connectivity index (χ3n) is 3.22. The van der Waals surface area contributed by atoms with E-state index in [1.54, 1.807) is 12.1 Å². The first-order chi connectivity index (χ1) is 7.10. The lowest BCUT2D eigenvalue weighted by molar-refractivity contribution is 0.474. The maximum Gasteiger partial charge on any atom is 0.232 e. The number of rotatable bonds is 2. The highest BCUT2D eigenvalue weighted by molar-refractivity contribution is 7.66. The SMILES string of the molecule is Cc1ccc(P(=O)(O)C2CCCC2)cc1. The van der Waals surface area contributed by atoms with Crippen LogP contribution in [0.2, 0.25) is 0 Å². The van der Waals surface area contributed by atoms with Crippen LogP contribution in [0.15, 0.2) is 24.3 Å². The molecule has 1 saturated carbocycles. The second kappa shape index (κ2) is 4.11. The lowest BCUT2D eigenvalue weighted by Gasteiger charge is -2.18. The predicted octanol–water partition coefficient (Wildman–Crippen LogP) is 2.83. The van der Waals surface area contributed by atoms with Gasteiger partial charge in [0.05, 0.1) is 0 Å². The van der Waals surface area contributed by atoms with E-state index in [1.807, 2.05) is 19.1 Å². The van der Waals surface area contributed by atoms with E-state index in [1.165, 1.54) is 0 Å². The minimum atomic E-state index is -3.11. The highest BCUT2D eigenvalue weighted by Crippen LogP contribution is 2.51. The van der Waals surface area contributed by atoms with Gasteiger partial charge >= 0.3 is 0 Å². The van der Waals surface area contributed by atoms with E-state index < -0.39 is 7.37 Å². The minimum absolute atomic E-state index is 0.000191. The zero-order chi connectivity index (χ0) is 10.9. The van der Waals surface area contributed by atoms with Gasteiger partial charge in [0.15, 0.2) is 0 Å². The summed E-state index contributed by atoms with van der Waals surface area (Å²) >= 11 is 0. The molecule has 0 aliphatic heterocycles. The lowest BCUT2D eigenvalue weighted by Crippen LogP contribution is -2.14. The topological polar surface area (TPSA) is 37.3 Å². The van der Waals surface area contributed by atoms with E-state index in [-0.39, 0.29) is 5.66 Å². The van der Waals surface area contributed by atoms with Gasteiger partial charge in [-0.25, -0.2) is 0 Å². The van der Waals surface area contributed by atoms with Gasteiger partial charge in [-0.3, -0.25) is 4.57 Å². The van der Waals surface area contributed by atoms with Crippen LogP contribution >= 0.6 is 7.37 Å². The quantitative estimate of drug-likeness (QED) is 0.784.